The lowest BCUT2D eigenvalue weighted by atomic mass is 10.3. The van der Waals surface area contributed by atoms with Gasteiger partial charge in [0.2, 0.25) is 0 Å². The van der Waals surface area contributed by atoms with Crippen molar-refractivity contribution in [1.29, 1.82) is 0 Å². The number of hydrogen-bond acceptors (Lipinski definition) is 5. The highest BCUT2D eigenvalue weighted by Crippen LogP contribution is 2.16. The molecule has 2 rings (SSSR count). The van der Waals surface area contributed by atoms with Gasteiger partial charge in [0.1, 0.15) is 12.1 Å². The second-order valence-electron chi connectivity index (χ2n) is 3.75. The average Bonchev–Trinajstić information content (AvgIpc) is 2.96. The average molecular weight is 294 g/mol. The summed E-state index contributed by atoms with van der Waals surface area (Å²) in [5, 5.41) is 0. The first kappa shape index (κ1) is 14.3. The minimum Gasteiger partial charge on any atom is -0.497 e. The monoisotopic (exact) mass is 294 g/mol. The fourth-order valence-corrected chi connectivity index (χ4v) is 2.61. The van der Waals surface area contributed by atoms with Crippen LogP contribution >= 0.6 is 0 Å². The van der Waals surface area contributed by atoms with E-state index < -0.39 is 17.0 Å². The summed E-state index contributed by atoms with van der Waals surface area (Å²) in [6.45, 7) is 1.96. The van der Waals surface area contributed by atoms with E-state index in [0.29, 0.717) is 10.6 Å². The van der Waals surface area contributed by atoms with Crippen LogP contribution < -0.4 is 4.74 Å². The molecule has 0 bridgehead atoms. The Balaban J connectivity index is 2.29. The molecule has 106 valence electrons. The van der Waals surface area contributed by atoms with Gasteiger partial charge in [-0.1, -0.05) is 0 Å². The third-order valence-corrected chi connectivity index (χ3v) is 3.85. The second-order valence-corrected chi connectivity index (χ2v) is 5.11. The third kappa shape index (κ3) is 2.88. The van der Waals surface area contributed by atoms with Crippen LogP contribution in [0.25, 0.3) is 0 Å². The van der Waals surface area contributed by atoms with Crippen LogP contribution in [0, 0.1) is 0 Å². The molecule has 1 heterocycles. The van der Waals surface area contributed by atoms with Gasteiger partial charge in [-0.15, -0.1) is 0 Å². The molecule has 7 heteroatoms. The highest BCUT2D eigenvalue weighted by Gasteiger charge is 2.17. The maximum Gasteiger partial charge on any atom is 0.357 e. The smallest absolute Gasteiger partial charge is 0.357 e. The van der Waals surface area contributed by atoms with Crippen molar-refractivity contribution >= 4 is 17.0 Å². The molecule has 0 amide bonds. The summed E-state index contributed by atoms with van der Waals surface area (Å²) >= 11 is 0. The van der Waals surface area contributed by atoms with Gasteiger partial charge in [-0.2, -0.15) is 0 Å². The first-order valence-corrected chi connectivity index (χ1v) is 7.03. The number of aromatic nitrogens is 2. The Morgan fingerprint density at radius 3 is 2.65 bits per heavy atom. The number of carbonyl (C=O) groups is 1. The van der Waals surface area contributed by atoms with E-state index in [1.54, 1.807) is 38.3 Å². The largest absolute Gasteiger partial charge is 0.497 e. The first-order chi connectivity index (χ1) is 9.67. The summed E-state index contributed by atoms with van der Waals surface area (Å²) in [6, 6.07) is 6.75. The first-order valence-electron chi connectivity index (χ1n) is 5.93. The molecule has 0 saturated heterocycles. The summed E-state index contributed by atoms with van der Waals surface area (Å²) in [6.07, 6.45) is 2.67. The molecule has 0 N–H and O–H groups in total. The van der Waals surface area contributed by atoms with Crippen molar-refractivity contribution in [3.63, 3.8) is 0 Å². The maximum atomic E-state index is 12.4. The number of carbonyl (C=O) groups excluding carboxylic acids is 1. The van der Waals surface area contributed by atoms with E-state index in [0.717, 1.165) is 0 Å². The Morgan fingerprint density at radius 2 is 2.05 bits per heavy atom. The molecule has 20 heavy (non-hydrogen) atoms. The van der Waals surface area contributed by atoms with E-state index >= 15 is 0 Å². The Labute approximate surface area is 118 Å². The summed E-state index contributed by atoms with van der Waals surface area (Å²) in [5.41, 5.74) is 0.154. The predicted octanol–water partition coefficient (Wildman–Crippen LogP) is 1.64. The van der Waals surface area contributed by atoms with Gasteiger partial charge in [0.25, 0.3) is 0 Å². The third-order valence-electron chi connectivity index (χ3n) is 2.53. The Hall–Kier alpha value is -2.15. The summed E-state index contributed by atoms with van der Waals surface area (Å²) in [4.78, 5) is 16.1. The lowest BCUT2D eigenvalue weighted by Crippen LogP contribution is -2.14. The van der Waals surface area contributed by atoms with Crippen LogP contribution in [-0.4, -0.2) is 32.9 Å². The molecule has 0 aliphatic rings. The standard InChI is InChI=1S/C13H14N2O4S/c1-3-19-13(16)12-8-14-9-15(12)20(17)11-6-4-10(18-2)5-7-11/h4-9H,3H2,1-2H3. The number of methoxy groups -OCH3 is 1. The summed E-state index contributed by atoms with van der Waals surface area (Å²) in [7, 11) is -0.00763. The molecule has 0 saturated carbocycles. The molecule has 0 fully saturated rings. The molecule has 0 spiro atoms. The molecule has 2 aromatic rings. The Morgan fingerprint density at radius 1 is 1.35 bits per heavy atom. The Bertz CT molecular complexity index is 622. The fourth-order valence-electron chi connectivity index (χ4n) is 1.57. The van der Waals surface area contributed by atoms with Gasteiger partial charge in [-0.05, 0) is 31.2 Å². The molecular formula is C13H14N2O4S. The zero-order chi connectivity index (χ0) is 14.5. The van der Waals surface area contributed by atoms with Crippen LogP contribution in [0.15, 0.2) is 41.7 Å². The van der Waals surface area contributed by atoms with Gasteiger partial charge < -0.3 is 9.47 Å². The molecule has 0 radical (unpaired) electrons. The number of hydrogen-bond donors (Lipinski definition) is 0. The highest BCUT2D eigenvalue weighted by atomic mass is 32.2. The maximum absolute atomic E-state index is 12.4. The van der Waals surface area contributed by atoms with Gasteiger partial charge in [-0.25, -0.2) is 18.0 Å². The minimum atomic E-state index is -1.56. The fraction of sp³-hybridized carbons (Fsp3) is 0.231. The van der Waals surface area contributed by atoms with E-state index in [1.807, 2.05) is 0 Å². The van der Waals surface area contributed by atoms with Gasteiger partial charge in [0.05, 0.1) is 24.8 Å². The zero-order valence-electron chi connectivity index (χ0n) is 11.1. The number of ether oxygens (including phenoxy) is 2. The molecule has 0 aliphatic heterocycles. The van der Waals surface area contributed by atoms with E-state index in [4.69, 9.17) is 9.47 Å². The van der Waals surface area contributed by atoms with Crippen molar-refractivity contribution < 1.29 is 18.5 Å². The molecular weight excluding hydrogens is 280 g/mol. The molecule has 1 aromatic heterocycles. The molecule has 6 nitrogen and oxygen atoms in total. The number of rotatable bonds is 5. The number of nitrogens with zero attached hydrogens (tertiary/aromatic N) is 2. The van der Waals surface area contributed by atoms with Crippen LogP contribution in [0.4, 0.5) is 0 Å². The van der Waals surface area contributed by atoms with Crippen molar-refractivity contribution in [1.82, 2.24) is 8.96 Å². The zero-order valence-corrected chi connectivity index (χ0v) is 11.9. The number of benzene rings is 1. The number of esters is 1. The highest BCUT2D eigenvalue weighted by molar-refractivity contribution is 7.83. The van der Waals surface area contributed by atoms with Gasteiger partial charge in [-0.3, -0.25) is 0 Å². The van der Waals surface area contributed by atoms with E-state index in [2.05, 4.69) is 4.98 Å². The molecule has 1 atom stereocenters. The SMILES string of the molecule is CCOC(=O)c1cncn1S(=O)c1ccc(OC)cc1. The van der Waals surface area contributed by atoms with Crippen LogP contribution in [0.5, 0.6) is 5.75 Å². The molecule has 0 aliphatic carbocycles. The summed E-state index contributed by atoms with van der Waals surface area (Å²) in [5.74, 6) is 0.119. The van der Waals surface area contributed by atoms with Gasteiger partial charge >= 0.3 is 5.97 Å². The second kappa shape index (κ2) is 6.33. The van der Waals surface area contributed by atoms with Crippen molar-refractivity contribution in [3.8, 4) is 5.75 Å². The number of imidazole rings is 1. The molecule has 1 unspecified atom stereocenters. The topological polar surface area (TPSA) is 70.4 Å². The molecule has 1 aromatic carbocycles. The summed E-state index contributed by atoms with van der Waals surface area (Å²) < 4.78 is 23.6. The Kier molecular flexibility index (Phi) is 4.52. The van der Waals surface area contributed by atoms with E-state index in [9.17, 15) is 9.00 Å². The lowest BCUT2D eigenvalue weighted by Gasteiger charge is -2.07. The lowest BCUT2D eigenvalue weighted by molar-refractivity contribution is 0.0518. The van der Waals surface area contributed by atoms with Crippen LogP contribution in [0.1, 0.15) is 17.4 Å². The van der Waals surface area contributed by atoms with Gasteiger partial charge in [0, 0.05) is 0 Å². The van der Waals surface area contributed by atoms with Gasteiger partial charge in [0.15, 0.2) is 16.7 Å². The van der Waals surface area contributed by atoms with E-state index in [-0.39, 0.29) is 12.3 Å². The quantitative estimate of drug-likeness (QED) is 0.784. The van der Waals surface area contributed by atoms with Crippen molar-refractivity contribution in [2.24, 2.45) is 0 Å². The van der Waals surface area contributed by atoms with Crippen LogP contribution in [-0.2, 0) is 15.7 Å². The van der Waals surface area contributed by atoms with Crippen molar-refractivity contribution in [2.45, 2.75) is 11.8 Å². The van der Waals surface area contributed by atoms with Crippen LogP contribution in [0.2, 0.25) is 0 Å². The predicted molar refractivity (Wildman–Crippen MR) is 73.0 cm³/mol. The normalized spacial score (nSPS) is 11.9. The van der Waals surface area contributed by atoms with Crippen LogP contribution in [0.3, 0.4) is 0 Å². The van der Waals surface area contributed by atoms with Crippen molar-refractivity contribution in [2.75, 3.05) is 13.7 Å². The minimum absolute atomic E-state index is 0.154. The van der Waals surface area contributed by atoms with Crippen molar-refractivity contribution in [3.05, 3.63) is 42.5 Å². The van der Waals surface area contributed by atoms with E-state index in [1.165, 1.54) is 16.5 Å².